The van der Waals surface area contributed by atoms with E-state index in [2.05, 4.69) is 74.6 Å². The summed E-state index contributed by atoms with van der Waals surface area (Å²) in [4.78, 5) is 24.4. The lowest BCUT2D eigenvalue weighted by Crippen LogP contribution is -2.28. The number of carbonyl (C=O) groups excluding carboxylic acids is 2. The molecule has 0 aromatic heterocycles. The average Bonchev–Trinajstić information content (AvgIpc) is 3.25. The maximum absolute atomic E-state index is 12.2. The molecule has 0 spiro atoms. The first-order valence-corrected chi connectivity index (χ1v) is 25.8. The highest BCUT2D eigenvalue weighted by Crippen LogP contribution is 2.17. The Balaban J connectivity index is 3.48. The molecule has 0 aliphatic rings. The van der Waals surface area contributed by atoms with Crippen molar-refractivity contribution in [3.8, 4) is 0 Å². The topological polar surface area (TPSA) is 72.8 Å². The summed E-state index contributed by atoms with van der Waals surface area (Å²) in [5.41, 5.74) is 0. The van der Waals surface area contributed by atoms with Crippen LogP contribution in [0.3, 0.4) is 0 Å². The molecule has 0 aromatic rings. The SMILES string of the molecule is CC/C=C\C/C=C\C/C=C\C/C=C\C/C=C\CCCC(=O)OC(CO)COC(=O)CCCCCCCCCCCCCCCCCCCCCCCCCCCCCCC. The second-order valence-electron chi connectivity index (χ2n) is 17.2. The highest BCUT2D eigenvalue weighted by atomic mass is 16.6. The van der Waals surface area contributed by atoms with E-state index in [1.165, 1.54) is 167 Å². The number of carbonyl (C=O) groups is 2. The maximum Gasteiger partial charge on any atom is 0.306 e. The normalized spacial score (nSPS) is 12.7. The van der Waals surface area contributed by atoms with Gasteiger partial charge >= 0.3 is 11.9 Å². The van der Waals surface area contributed by atoms with E-state index in [1.807, 2.05) is 0 Å². The first-order valence-electron chi connectivity index (χ1n) is 25.8. The van der Waals surface area contributed by atoms with Crippen LogP contribution in [0.4, 0.5) is 0 Å². The van der Waals surface area contributed by atoms with Crippen LogP contribution in [-0.4, -0.2) is 36.4 Å². The summed E-state index contributed by atoms with van der Waals surface area (Å²) in [5.74, 6) is -0.652. The van der Waals surface area contributed by atoms with Crippen molar-refractivity contribution < 1.29 is 24.2 Å². The fraction of sp³-hybridized carbons (Fsp3) is 0.782. The van der Waals surface area contributed by atoms with Crippen molar-refractivity contribution in [3.63, 3.8) is 0 Å². The van der Waals surface area contributed by atoms with Crippen molar-refractivity contribution in [1.29, 1.82) is 0 Å². The van der Waals surface area contributed by atoms with Gasteiger partial charge in [-0.15, -0.1) is 0 Å². The second kappa shape index (κ2) is 51.0. The molecule has 0 aromatic carbocycles. The van der Waals surface area contributed by atoms with Crippen molar-refractivity contribution in [2.24, 2.45) is 0 Å². The van der Waals surface area contributed by atoms with E-state index in [-0.39, 0.29) is 31.6 Å². The Kier molecular flexibility index (Phi) is 48.9. The first-order chi connectivity index (χ1) is 29.6. The summed E-state index contributed by atoms with van der Waals surface area (Å²) in [7, 11) is 0. The molecule has 1 unspecified atom stereocenters. The molecule has 5 heteroatoms. The zero-order chi connectivity index (χ0) is 43.5. The van der Waals surface area contributed by atoms with Gasteiger partial charge in [-0.25, -0.2) is 0 Å². The van der Waals surface area contributed by atoms with Crippen LogP contribution in [-0.2, 0) is 19.1 Å². The van der Waals surface area contributed by atoms with Crippen molar-refractivity contribution in [2.45, 2.75) is 264 Å². The van der Waals surface area contributed by atoms with E-state index >= 15 is 0 Å². The van der Waals surface area contributed by atoms with Gasteiger partial charge in [-0.3, -0.25) is 9.59 Å². The lowest BCUT2D eigenvalue weighted by Gasteiger charge is -2.15. The van der Waals surface area contributed by atoms with Gasteiger partial charge in [0.1, 0.15) is 6.61 Å². The number of hydrogen-bond acceptors (Lipinski definition) is 5. The van der Waals surface area contributed by atoms with Crippen LogP contribution in [0, 0.1) is 0 Å². The number of hydrogen-bond donors (Lipinski definition) is 1. The predicted molar refractivity (Wildman–Crippen MR) is 260 cm³/mol. The number of ether oxygens (including phenoxy) is 2. The van der Waals surface area contributed by atoms with E-state index in [0.717, 1.165) is 57.8 Å². The van der Waals surface area contributed by atoms with Gasteiger partial charge < -0.3 is 14.6 Å². The molecule has 0 fully saturated rings. The minimum atomic E-state index is -0.802. The van der Waals surface area contributed by atoms with Gasteiger partial charge in [0.25, 0.3) is 0 Å². The van der Waals surface area contributed by atoms with Crippen molar-refractivity contribution in [2.75, 3.05) is 13.2 Å². The van der Waals surface area contributed by atoms with Gasteiger partial charge in [0.2, 0.25) is 0 Å². The molecule has 60 heavy (non-hydrogen) atoms. The third-order valence-corrected chi connectivity index (χ3v) is 11.3. The summed E-state index contributed by atoms with van der Waals surface area (Å²) >= 11 is 0. The third kappa shape index (κ3) is 48.3. The van der Waals surface area contributed by atoms with Crippen LogP contribution in [0.25, 0.3) is 0 Å². The van der Waals surface area contributed by atoms with Crippen LogP contribution in [0.15, 0.2) is 60.8 Å². The molecule has 0 aliphatic carbocycles. The molecule has 1 atom stereocenters. The van der Waals surface area contributed by atoms with Gasteiger partial charge in [0, 0.05) is 12.8 Å². The summed E-state index contributed by atoms with van der Waals surface area (Å²) < 4.78 is 10.6. The Hall–Kier alpha value is -2.40. The molecule has 0 saturated heterocycles. The van der Waals surface area contributed by atoms with Gasteiger partial charge in [-0.2, -0.15) is 0 Å². The molecule has 348 valence electrons. The van der Waals surface area contributed by atoms with Crippen molar-refractivity contribution >= 4 is 11.9 Å². The average molecular weight is 839 g/mol. The molecule has 0 rings (SSSR count). The Morgan fingerprint density at radius 2 is 0.717 bits per heavy atom. The van der Waals surface area contributed by atoms with Crippen LogP contribution >= 0.6 is 0 Å². The van der Waals surface area contributed by atoms with Gasteiger partial charge in [0.15, 0.2) is 6.10 Å². The van der Waals surface area contributed by atoms with Crippen LogP contribution < -0.4 is 0 Å². The molecule has 0 bridgehead atoms. The number of allylic oxidation sites excluding steroid dienone is 10. The molecule has 5 nitrogen and oxygen atoms in total. The summed E-state index contributed by atoms with van der Waals surface area (Å²) in [6.45, 7) is 4.00. The lowest BCUT2D eigenvalue weighted by molar-refractivity contribution is -0.161. The first kappa shape index (κ1) is 57.6. The molecular formula is C55H98O5. The van der Waals surface area contributed by atoms with Gasteiger partial charge in [-0.05, 0) is 51.4 Å². The minimum Gasteiger partial charge on any atom is -0.462 e. The zero-order valence-electron chi connectivity index (χ0n) is 39.7. The van der Waals surface area contributed by atoms with E-state index in [9.17, 15) is 14.7 Å². The van der Waals surface area contributed by atoms with E-state index in [4.69, 9.17) is 9.47 Å². The predicted octanol–water partition coefficient (Wildman–Crippen LogP) is 17.1. The quantitative estimate of drug-likeness (QED) is 0.0375. The largest absolute Gasteiger partial charge is 0.462 e. The van der Waals surface area contributed by atoms with Crippen molar-refractivity contribution in [1.82, 2.24) is 0 Å². The second-order valence-corrected chi connectivity index (χ2v) is 17.2. The number of aliphatic hydroxyl groups is 1. The van der Waals surface area contributed by atoms with Gasteiger partial charge in [-0.1, -0.05) is 254 Å². The van der Waals surface area contributed by atoms with Gasteiger partial charge in [0.05, 0.1) is 6.61 Å². The highest BCUT2D eigenvalue weighted by molar-refractivity contribution is 5.70. The Bertz CT molecular complexity index is 1040. The minimum absolute atomic E-state index is 0.0879. The number of aliphatic hydroxyl groups excluding tert-OH is 1. The molecule has 1 N–H and O–H groups in total. The summed E-state index contributed by atoms with van der Waals surface area (Å²) in [5, 5.41) is 9.60. The Morgan fingerprint density at radius 3 is 1.07 bits per heavy atom. The summed E-state index contributed by atoms with van der Waals surface area (Å²) in [6, 6.07) is 0. The summed E-state index contributed by atoms with van der Waals surface area (Å²) in [6.07, 6.45) is 67.7. The fourth-order valence-corrected chi connectivity index (χ4v) is 7.48. The monoisotopic (exact) mass is 839 g/mol. The molecule has 0 heterocycles. The maximum atomic E-state index is 12.2. The van der Waals surface area contributed by atoms with E-state index in [0.29, 0.717) is 12.8 Å². The van der Waals surface area contributed by atoms with E-state index in [1.54, 1.807) is 0 Å². The smallest absolute Gasteiger partial charge is 0.306 e. The Labute approximate surface area is 372 Å². The number of unbranched alkanes of at least 4 members (excludes halogenated alkanes) is 29. The van der Waals surface area contributed by atoms with Crippen LogP contribution in [0.5, 0.6) is 0 Å². The zero-order valence-corrected chi connectivity index (χ0v) is 39.7. The number of esters is 2. The van der Waals surface area contributed by atoms with Crippen molar-refractivity contribution in [3.05, 3.63) is 60.8 Å². The molecule has 0 amide bonds. The van der Waals surface area contributed by atoms with Crippen LogP contribution in [0.1, 0.15) is 258 Å². The van der Waals surface area contributed by atoms with Crippen LogP contribution in [0.2, 0.25) is 0 Å². The standard InChI is InChI=1S/C55H98O5/c1-3-5-7-9-11-13-15-17-19-21-22-23-24-25-26-27-28-29-30-31-32-34-35-37-39-41-43-45-47-49-54(57)59-52-53(51-56)60-55(58)50-48-46-44-42-40-38-36-33-20-18-16-14-12-10-8-6-4-2/h6,8,12,14,18,20,36,38,42,44,53,56H,3-5,7,9-11,13,15-17,19,21-35,37,39-41,43,45-52H2,1-2H3/b8-6-,14-12-,20-18-,38-36-,44-42-. The fourth-order valence-electron chi connectivity index (χ4n) is 7.48. The Morgan fingerprint density at radius 1 is 0.400 bits per heavy atom. The lowest BCUT2D eigenvalue weighted by atomic mass is 10.0. The van der Waals surface area contributed by atoms with E-state index < -0.39 is 6.10 Å². The third-order valence-electron chi connectivity index (χ3n) is 11.3. The molecular weight excluding hydrogens is 741 g/mol. The molecule has 0 aliphatic heterocycles. The highest BCUT2D eigenvalue weighted by Gasteiger charge is 2.16. The molecule has 0 saturated carbocycles. The number of rotatable bonds is 47. The molecule has 0 radical (unpaired) electrons.